The number of hydrogen-bond donors (Lipinski definition) is 1. The fourth-order valence-electron chi connectivity index (χ4n) is 2.76. The van der Waals surface area contributed by atoms with E-state index in [9.17, 15) is 13.2 Å². The van der Waals surface area contributed by atoms with Crippen molar-refractivity contribution in [1.29, 1.82) is 0 Å². The highest BCUT2D eigenvalue weighted by Gasteiger charge is 2.23. The van der Waals surface area contributed by atoms with Gasteiger partial charge in [-0.15, -0.1) is 0 Å². The lowest BCUT2D eigenvalue weighted by molar-refractivity contribution is -0.120. The maximum atomic E-state index is 12.5. The number of benzene rings is 2. The van der Waals surface area contributed by atoms with Gasteiger partial charge in [-0.25, -0.2) is 8.42 Å². The molecule has 0 saturated heterocycles. The highest BCUT2D eigenvalue weighted by Crippen LogP contribution is 2.22. The summed E-state index contributed by atoms with van der Waals surface area (Å²) in [5.74, 6) is -0.343. The number of carbonyl (C=O) groups excluding carboxylic acids is 1. The van der Waals surface area contributed by atoms with Gasteiger partial charge in [-0.05, 0) is 56.0 Å². The molecule has 0 spiro atoms. The van der Waals surface area contributed by atoms with Gasteiger partial charge in [0.25, 0.3) is 0 Å². The normalized spacial score (nSPS) is 12.5. The van der Waals surface area contributed by atoms with Crippen LogP contribution in [-0.2, 0) is 14.8 Å². The maximum Gasteiger partial charge on any atom is 0.241 e. The van der Waals surface area contributed by atoms with Crippen LogP contribution in [0.2, 0.25) is 0 Å². The Bertz CT molecular complexity index is 907. The van der Waals surface area contributed by atoms with Crippen LogP contribution in [0.3, 0.4) is 0 Å². The van der Waals surface area contributed by atoms with Gasteiger partial charge in [0.2, 0.25) is 15.9 Å². The lowest BCUT2D eigenvalue weighted by Crippen LogP contribution is -2.41. The fraction of sp³-hybridized carbons (Fsp3) is 0.350. The Morgan fingerprint density at radius 1 is 1.04 bits per heavy atom. The standard InChI is InChI=1S/C20H26N2O3S/c1-14-10-11-18(12-16(14)3)17(4)21-20(23)13-22(26(5,24)25)19-9-7-6-8-15(19)2/h6-12,17H,13H2,1-5H3,(H,21,23)/t17-/m1/s1. The first-order valence-electron chi connectivity index (χ1n) is 8.49. The zero-order valence-electron chi connectivity index (χ0n) is 15.9. The fourth-order valence-corrected chi connectivity index (χ4v) is 3.67. The van der Waals surface area contributed by atoms with Gasteiger partial charge in [0.15, 0.2) is 0 Å². The third-order valence-electron chi connectivity index (χ3n) is 4.48. The molecule has 0 heterocycles. The molecule has 1 amide bonds. The molecule has 0 radical (unpaired) electrons. The van der Waals surface area contributed by atoms with E-state index in [1.807, 2.05) is 58.0 Å². The van der Waals surface area contributed by atoms with Gasteiger partial charge in [0.05, 0.1) is 18.0 Å². The molecule has 0 saturated carbocycles. The van der Waals surface area contributed by atoms with Gasteiger partial charge < -0.3 is 5.32 Å². The summed E-state index contributed by atoms with van der Waals surface area (Å²) in [5.41, 5.74) is 4.65. The van der Waals surface area contributed by atoms with E-state index in [1.54, 1.807) is 12.1 Å². The minimum absolute atomic E-state index is 0.208. The highest BCUT2D eigenvalue weighted by molar-refractivity contribution is 7.92. The van der Waals surface area contributed by atoms with Gasteiger partial charge in [-0.1, -0.05) is 36.4 Å². The summed E-state index contributed by atoms with van der Waals surface area (Å²) in [7, 11) is -3.58. The van der Waals surface area contributed by atoms with E-state index >= 15 is 0 Å². The topological polar surface area (TPSA) is 66.5 Å². The zero-order valence-corrected chi connectivity index (χ0v) is 16.7. The summed E-state index contributed by atoms with van der Waals surface area (Å²) < 4.78 is 25.6. The molecule has 1 atom stereocenters. The quantitative estimate of drug-likeness (QED) is 0.844. The summed E-state index contributed by atoms with van der Waals surface area (Å²) in [5, 5.41) is 2.89. The molecular formula is C20H26N2O3S. The second kappa shape index (κ2) is 7.91. The second-order valence-electron chi connectivity index (χ2n) is 6.69. The lowest BCUT2D eigenvalue weighted by Gasteiger charge is -2.24. The molecule has 2 aromatic rings. The van der Waals surface area contributed by atoms with Crippen molar-refractivity contribution < 1.29 is 13.2 Å². The molecule has 1 N–H and O–H groups in total. The number of nitrogens with one attached hydrogen (secondary N) is 1. The summed E-state index contributed by atoms with van der Waals surface area (Å²) in [6, 6.07) is 12.9. The van der Waals surface area contributed by atoms with Crippen molar-refractivity contribution >= 4 is 21.6 Å². The van der Waals surface area contributed by atoms with E-state index in [4.69, 9.17) is 0 Å². The van der Waals surface area contributed by atoms with Crippen LogP contribution in [0, 0.1) is 20.8 Å². The molecule has 0 unspecified atom stereocenters. The van der Waals surface area contributed by atoms with Crippen molar-refractivity contribution in [2.24, 2.45) is 0 Å². The molecule has 0 aliphatic carbocycles. The highest BCUT2D eigenvalue weighted by atomic mass is 32.2. The second-order valence-corrected chi connectivity index (χ2v) is 8.60. The van der Waals surface area contributed by atoms with Crippen LogP contribution in [0.25, 0.3) is 0 Å². The molecule has 0 aliphatic rings. The Hall–Kier alpha value is -2.34. The number of hydrogen-bond acceptors (Lipinski definition) is 3. The number of aryl methyl sites for hydroxylation is 3. The molecule has 2 aromatic carbocycles. The summed E-state index contributed by atoms with van der Waals surface area (Å²) in [4.78, 5) is 12.5. The predicted molar refractivity (Wildman–Crippen MR) is 106 cm³/mol. The van der Waals surface area contributed by atoms with Gasteiger partial charge in [0.1, 0.15) is 6.54 Å². The zero-order chi connectivity index (χ0) is 19.5. The molecule has 6 heteroatoms. The number of amides is 1. The minimum Gasteiger partial charge on any atom is -0.348 e. The molecule has 0 bridgehead atoms. The molecule has 0 aromatic heterocycles. The van der Waals surface area contributed by atoms with E-state index in [1.165, 1.54) is 5.56 Å². The third kappa shape index (κ3) is 4.85. The number of anilines is 1. The van der Waals surface area contributed by atoms with Gasteiger partial charge >= 0.3 is 0 Å². The van der Waals surface area contributed by atoms with Crippen molar-refractivity contribution in [3.8, 4) is 0 Å². The molecule has 5 nitrogen and oxygen atoms in total. The lowest BCUT2D eigenvalue weighted by atomic mass is 10.0. The average Bonchev–Trinajstić information content (AvgIpc) is 2.55. The van der Waals surface area contributed by atoms with E-state index in [-0.39, 0.29) is 18.5 Å². The molecule has 0 aliphatic heterocycles. The predicted octanol–water partition coefficient (Wildman–Crippen LogP) is 3.26. The molecule has 140 valence electrons. The van der Waals surface area contributed by atoms with Crippen LogP contribution in [0.5, 0.6) is 0 Å². The van der Waals surface area contributed by atoms with Gasteiger partial charge in [-0.2, -0.15) is 0 Å². The van der Waals surface area contributed by atoms with E-state index in [0.717, 1.165) is 27.3 Å². The number of sulfonamides is 1. The summed E-state index contributed by atoms with van der Waals surface area (Å²) >= 11 is 0. The van der Waals surface area contributed by atoms with Crippen LogP contribution < -0.4 is 9.62 Å². The Balaban J connectivity index is 2.17. The Kier molecular flexibility index (Phi) is 6.08. The van der Waals surface area contributed by atoms with Crippen molar-refractivity contribution in [3.63, 3.8) is 0 Å². The first kappa shape index (κ1) is 20.0. The third-order valence-corrected chi connectivity index (χ3v) is 5.61. The van der Waals surface area contributed by atoms with Crippen LogP contribution >= 0.6 is 0 Å². The Labute approximate surface area is 156 Å². The van der Waals surface area contributed by atoms with Gasteiger partial charge in [-0.3, -0.25) is 9.10 Å². The average molecular weight is 375 g/mol. The smallest absolute Gasteiger partial charge is 0.241 e. The monoisotopic (exact) mass is 374 g/mol. The molecular weight excluding hydrogens is 348 g/mol. The minimum atomic E-state index is -3.58. The van der Waals surface area contributed by atoms with Crippen molar-refractivity contribution in [2.75, 3.05) is 17.1 Å². The molecule has 0 fully saturated rings. The first-order chi connectivity index (χ1) is 12.1. The summed E-state index contributed by atoms with van der Waals surface area (Å²) in [6.45, 7) is 7.52. The van der Waals surface area contributed by atoms with Crippen LogP contribution in [-0.4, -0.2) is 27.1 Å². The van der Waals surface area contributed by atoms with Crippen LogP contribution in [0.1, 0.15) is 35.2 Å². The Morgan fingerprint density at radius 3 is 2.27 bits per heavy atom. The van der Waals surface area contributed by atoms with Crippen molar-refractivity contribution in [3.05, 3.63) is 64.7 Å². The van der Waals surface area contributed by atoms with E-state index < -0.39 is 10.0 Å². The number of para-hydroxylation sites is 1. The molecule has 2 rings (SSSR count). The van der Waals surface area contributed by atoms with Crippen molar-refractivity contribution in [2.45, 2.75) is 33.7 Å². The Morgan fingerprint density at radius 2 is 1.69 bits per heavy atom. The largest absolute Gasteiger partial charge is 0.348 e. The number of nitrogens with zero attached hydrogens (tertiary/aromatic N) is 1. The van der Waals surface area contributed by atoms with E-state index in [0.29, 0.717) is 5.69 Å². The van der Waals surface area contributed by atoms with Crippen molar-refractivity contribution in [1.82, 2.24) is 5.32 Å². The number of carbonyl (C=O) groups is 1. The maximum absolute atomic E-state index is 12.5. The first-order valence-corrected chi connectivity index (χ1v) is 10.3. The van der Waals surface area contributed by atoms with Crippen LogP contribution in [0.15, 0.2) is 42.5 Å². The van der Waals surface area contributed by atoms with Gasteiger partial charge in [0, 0.05) is 0 Å². The van der Waals surface area contributed by atoms with E-state index in [2.05, 4.69) is 5.32 Å². The molecule has 26 heavy (non-hydrogen) atoms. The van der Waals surface area contributed by atoms with Crippen LogP contribution in [0.4, 0.5) is 5.69 Å². The number of rotatable bonds is 6. The summed E-state index contributed by atoms with van der Waals surface area (Å²) in [6.07, 6.45) is 1.11. The SMILES string of the molecule is Cc1ccc([C@@H](C)NC(=O)CN(c2ccccc2C)S(C)(=O)=O)cc1C.